The van der Waals surface area contributed by atoms with Crippen LogP contribution in [-0.2, 0) is 4.79 Å². The van der Waals surface area contributed by atoms with E-state index >= 15 is 0 Å². The van der Waals surface area contributed by atoms with E-state index in [0.717, 1.165) is 12.8 Å². The van der Waals surface area contributed by atoms with Crippen molar-refractivity contribution in [3.8, 4) is 0 Å². The number of carbonyl (C=O) groups excluding carboxylic acids is 1. The second kappa shape index (κ2) is 5.96. The van der Waals surface area contributed by atoms with Crippen LogP contribution in [0.4, 0.5) is 0 Å². The van der Waals surface area contributed by atoms with Crippen LogP contribution in [0.5, 0.6) is 0 Å². The Morgan fingerprint density at radius 1 is 1.64 bits per heavy atom. The van der Waals surface area contributed by atoms with Gasteiger partial charge in [-0.05, 0) is 13.3 Å². The van der Waals surface area contributed by atoms with Crippen molar-refractivity contribution in [1.82, 2.24) is 5.32 Å². The predicted molar refractivity (Wildman–Crippen MR) is 47.3 cm³/mol. The summed E-state index contributed by atoms with van der Waals surface area (Å²) in [4.78, 5) is 10.7. The molecule has 0 aromatic carbocycles. The fourth-order valence-electron chi connectivity index (χ4n) is 1.02. The summed E-state index contributed by atoms with van der Waals surface area (Å²) >= 11 is 0. The van der Waals surface area contributed by atoms with Gasteiger partial charge in [-0.2, -0.15) is 0 Å². The molecule has 0 aromatic rings. The molecule has 0 aliphatic heterocycles. The van der Waals surface area contributed by atoms with E-state index in [1.165, 1.54) is 0 Å². The highest BCUT2D eigenvalue weighted by Crippen LogP contribution is 1.97. The highest BCUT2D eigenvalue weighted by Gasteiger charge is 2.02. The third-order valence-electron chi connectivity index (χ3n) is 1.41. The molecule has 1 N–H and O–H groups in total. The van der Waals surface area contributed by atoms with Crippen molar-refractivity contribution in [3.63, 3.8) is 0 Å². The summed E-state index contributed by atoms with van der Waals surface area (Å²) in [5.41, 5.74) is 0. The fraction of sp³-hybridized carbons (Fsp3) is 0.667. The maximum Gasteiger partial charge on any atom is 0.217 e. The van der Waals surface area contributed by atoms with Gasteiger partial charge >= 0.3 is 0 Å². The molecule has 1 amide bonds. The molecule has 0 rings (SSSR count). The van der Waals surface area contributed by atoms with Gasteiger partial charge in [0.15, 0.2) is 0 Å². The van der Waals surface area contributed by atoms with Gasteiger partial charge in [-0.25, -0.2) is 0 Å². The number of hydrogen-bond acceptors (Lipinski definition) is 1. The number of nitrogens with one attached hydrogen (secondary N) is 1. The van der Waals surface area contributed by atoms with Crippen LogP contribution >= 0.6 is 0 Å². The van der Waals surface area contributed by atoms with Crippen molar-refractivity contribution in [1.29, 1.82) is 0 Å². The van der Waals surface area contributed by atoms with Gasteiger partial charge in [-0.3, -0.25) is 4.79 Å². The van der Waals surface area contributed by atoms with Gasteiger partial charge in [0.25, 0.3) is 0 Å². The van der Waals surface area contributed by atoms with Crippen molar-refractivity contribution in [2.45, 2.75) is 39.7 Å². The zero-order chi connectivity index (χ0) is 8.69. The molecule has 0 aliphatic rings. The molecule has 2 nitrogen and oxygen atoms in total. The molecule has 0 spiro atoms. The lowest BCUT2D eigenvalue weighted by atomic mass is 10.1. The first-order chi connectivity index (χ1) is 5.20. The molecule has 0 aromatic heterocycles. The molecular formula is C9H17NO. The van der Waals surface area contributed by atoms with Crippen molar-refractivity contribution >= 4 is 5.91 Å². The highest BCUT2D eigenvalue weighted by atomic mass is 16.1. The van der Waals surface area contributed by atoms with Gasteiger partial charge < -0.3 is 5.32 Å². The monoisotopic (exact) mass is 155 g/mol. The lowest BCUT2D eigenvalue weighted by Gasteiger charge is -2.11. The number of amides is 1. The lowest BCUT2D eigenvalue weighted by molar-refractivity contribution is -0.119. The van der Waals surface area contributed by atoms with Crippen LogP contribution in [0, 0.1) is 0 Å². The normalized spacial score (nSPS) is 13.4. The summed E-state index contributed by atoms with van der Waals surface area (Å²) in [6.07, 6.45) is 6.10. The summed E-state index contributed by atoms with van der Waals surface area (Å²) in [7, 11) is 0. The number of hydrogen-bond donors (Lipinski definition) is 1. The van der Waals surface area contributed by atoms with Gasteiger partial charge in [-0.1, -0.05) is 25.5 Å². The molecule has 1 atom stereocenters. The van der Waals surface area contributed by atoms with E-state index in [9.17, 15) is 4.79 Å². The van der Waals surface area contributed by atoms with Crippen LogP contribution in [0.25, 0.3) is 0 Å². The molecule has 0 radical (unpaired) electrons. The summed E-state index contributed by atoms with van der Waals surface area (Å²) < 4.78 is 0. The smallest absolute Gasteiger partial charge is 0.217 e. The standard InChI is InChI=1S/C9H17NO/c1-4-6-9(7-5-2)10-8(3)11/h4,6,9H,5,7H2,1-3H3,(H,10,11)/b6-4+. The molecule has 0 heterocycles. The molecule has 0 saturated heterocycles. The average Bonchev–Trinajstić information content (AvgIpc) is 1.87. The minimum Gasteiger partial charge on any atom is -0.350 e. The van der Waals surface area contributed by atoms with Crippen LogP contribution in [0.15, 0.2) is 12.2 Å². The maximum absolute atomic E-state index is 10.7. The Kier molecular flexibility index (Phi) is 5.53. The number of carbonyl (C=O) groups is 1. The summed E-state index contributed by atoms with van der Waals surface area (Å²) in [5, 5.41) is 2.86. The van der Waals surface area contributed by atoms with E-state index < -0.39 is 0 Å². The Balaban J connectivity index is 3.78. The van der Waals surface area contributed by atoms with E-state index in [1.807, 2.05) is 19.1 Å². The quantitative estimate of drug-likeness (QED) is 0.617. The van der Waals surface area contributed by atoms with Crippen molar-refractivity contribution < 1.29 is 4.79 Å². The van der Waals surface area contributed by atoms with E-state index in [2.05, 4.69) is 12.2 Å². The first kappa shape index (κ1) is 10.2. The van der Waals surface area contributed by atoms with Crippen molar-refractivity contribution in [3.05, 3.63) is 12.2 Å². The summed E-state index contributed by atoms with van der Waals surface area (Å²) in [6.45, 7) is 5.62. The zero-order valence-electron chi connectivity index (χ0n) is 7.55. The van der Waals surface area contributed by atoms with Crippen molar-refractivity contribution in [2.75, 3.05) is 0 Å². The average molecular weight is 155 g/mol. The Bertz CT molecular complexity index is 140. The fourth-order valence-corrected chi connectivity index (χ4v) is 1.02. The molecule has 11 heavy (non-hydrogen) atoms. The topological polar surface area (TPSA) is 29.1 Å². The van der Waals surface area contributed by atoms with Gasteiger partial charge in [0.1, 0.15) is 0 Å². The molecule has 0 aliphatic carbocycles. The minimum absolute atomic E-state index is 0.0431. The molecule has 0 saturated carbocycles. The summed E-state index contributed by atoms with van der Waals surface area (Å²) in [5.74, 6) is 0.0431. The second-order valence-electron chi connectivity index (χ2n) is 2.62. The van der Waals surface area contributed by atoms with E-state index in [-0.39, 0.29) is 11.9 Å². The highest BCUT2D eigenvalue weighted by molar-refractivity contribution is 5.73. The lowest BCUT2D eigenvalue weighted by Crippen LogP contribution is -2.31. The Morgan fingerprint density at radius 2 is 2.27 bits per heavy atom. The first-order valence-corrected chi connectivity index (χ1v) is 4.10. The maximum atomic E-state index is 10.7. The minimum atomic E-state index is 0.0431. The molecule has 64 valence electrons. The zero-order valence-corrected chi connectivity index (χ0v) is 7.55. The van der Waals surface area contributed by atoms with Gasteiger partial charge in [-0.15, -0.1) is 0 Å². The largest absolute Gasteiger partial charge is 0.350 e. The predicted octanol–water partition coefficient (Wildman–Crippen LogP) is 1.87. The van der Waals surface area contributed by atoms with Crippen molar-refractivity contribution in [2.24, 2.45) is 0 Å². The van der Waals surface area contributed by atoms with Crippen LogP contribution in [0.1, 0.15) is 33.6 Å². The van der Waals surface area contributed by atoms with Crippen LogP contribution < -0.4 is 5.32 Å². The Morgan fingerprint density at radius 3 is 2.64 bits per heavy atom. The van der Waals surface area contributed by atoms with Gasteiger partial charge in [0.05, 0.1) is 0 Å². The number of rotatable bonds is 4. The molecule has 1 unspecified atom stereocenters. The van der Waals surface area contributed by atoms with Crippen LogP contribution in [0.2, 0.25) is 0 Å². The molecule has 2 heteroatoms. The van der Waals surface area contributed by atoms with Crippen LogP contribution in [0.3, 0.4) is 0 Å². The third kappa shape index (κ3) is 5.64. The Hall–Kier alpha value is -0.790. The SMILES string of the molecule is C/C=C/C(CCC)NC(C)=O. The van der Waals surface area contributed by atoms with Gasteiger partial charge in [0.2, 0.25) is 5.91 Å². The second-order valence-corrected chi connectivity index (χ2v) is 2.62. The molecule has 0 bridgehead atoms. The van der Waals surface area contributed by atoms with E-state index in [0.29, 0.717) is 0 Å². The molecular weight excluding hydrogens is 138 g/mol. The van der Waals surface area contributed by atoms with Crippen LogP contribution in [-0.4, -0.2) is 11.9 Å². The van der Waals surface area contributed by atoms with E-state index in [4.69, 9.17) is 0 Å². The third-order valence-corrected chi connectivity index (χ3v) is 1.41. The Labute approximate surface area is 68.7 Å². The number of allylic oxidation sites excluding steroid dienone is 1. The molecule has 0 fully saturated rings. The summed E-state index contributed by atoms with van der Waals surface area (Å²) in [6, 6.07) is 0.225. The van der Waals surface area contributed by atoms with Gasteiger partial charge in [0, 0.05) is 13.0 Å². The van der Waals surface area contributed by atoms with E-state index in [1.54, 1.807) is 6.92 Å². The first-order valence-electron chi connectivity index (χ1n) is 4.10.